The van der Waals surface area contributed by atoms with Crippen LogP contribution in [-0.4, -0.2) is 37.8 Å². The Kier molecular flexibility index (Phi) is 5.45. The van der Waals surface area contributed by atoms with Gasteiger partial charge in [-0.25, -0.2) is 9.78 Å². The van der Waals surface area contributed by atoms with E-state index in [0.29, 0.717) is 16.5 Å². The topological polar surface area (TPSA) is 115 Å². The molecular weight excluding hydrogens is 470 g/mol. The van der Waals surface area contributed by atoms with Crippen LogP contribution in [0.15, 0.2) is 64.5 Å². The van der Waals surface area contributed by atoms with Crippen LogP contribution in [0, 0.1) is 10.1 Å². The minimum atomic E-state index is -0.918. The third-order valence-electron chi connectivity index (χ3n) is 4.74. The van der Waals surface area contributed by atoms with E-state index in [4.69, 9.17) is 9.29 Å². The number of hydrogen-bond donors (Lipinski definition) is 1. The zero-order valence-corrected chi connectivity index (χ0v) is 18.6. The maximum absolute atomic E-state index is 11.2. The molecule has 1 atom stereocenters. The Hall–Kier alpha value is -3.15. The van der Waals surface area contributed by atoms with E-state index in [1.54, 1.807) is 12.1 Å². The second kappa shape index (κ2) is 8.41. The zero-order chi connectivity index (χ0) is 22.2. The van der Waals surface area contributed by atoms with E-state index in [-0.39, 0.29) is 5.69 Å². The van der Waals surface area contributed by atoms with E-state index in [0.717, 1.165) is 42.9 Å². The molecule has 0 radical (unpaired) electrons. The van der Waals surface area contributed by atoms with Gasteiger partial charge in [0.25, 0.3) is 5.69 Å². The summed E-state index contributed by atoms with van der Waals surface area (Å²) in [6.07, 6.45) is 0. The summed E-state index contributed by atoms with van der Waals surface area (Å²) in [6, 6.07) is 15.1. The van der Waals surface area contributed by atoms with E-state index in [9.17, 15) is 14.9 Å². The summed E-state index contributed by atoms with van der Waals surface area (Å²) in [5.41, 5.74) is 0.877. The number of carboxylic acids is 1. The molecule has 1 N–H and O–H groups in total. The van der Waals surface area contributed by atoms with Crippen molar-refractivity contribution in [2.75, 3.05) is 5.75 Å². The molecule has 0 saturated heterocycles. The van der Waals surface area contributed by atoms with Crippen LogP contribution < -0.4 is 4.18 Å². The molecule has 0 amide bonds. The van der Waals surface area contributed by atoms with Gasteiger partial charge in [-0.15, -0.1) is 23.1 Å². The molecule has 0 fully saturated rings. The Morgan fingerprint density at radius 1 is 1.19 bits per heavy atom. The minimum absolute atomic E-state index is 0.0356. The molecule has 1 unspecified atom stereocenters. The molecule has 8 nitrogen and oxygen atoms in total. The molecule has 0 bridgehead atoms. The quantitative estimate of drug-likeness (QED) is 0.220. The number of nitrogens with zero attached hydrogens (tertiary/aromatic N) is 3. The molecule has 1 aromatic heterocycles. The number of nitro benzene ring substituents is 1. The van der Waals surface area contributed by atoms with E-state index < -0.39 is 16.9 Å². The Morgan fingerprint density at radius 3 is 2.72 bits per heavy atom. The number of non-ortho nitro benzene ring substituents is 1. The van der Waals surface area contributed by atoms with Gasteiger partial charge in [0.05, 0.1) is 27.2 Å². The molecule has 0 aliphatic carbocycles. The predicted molar refractivity (Wildman–Crippen MR) is 127 cm³/mol. The van der Waals surface area contributed by atoms with Gasteiger partial charge in [0.2, 0.25) is 0 Å². The number of aliphatic imine (C=N–C) groups is 1. The van der Waals surface area contributed by atoms with E-state index in [2.05, 4.69) is 9.98 Å². The molecule has 0 saturated carbocycles. The van der Waals surface area contributed by atoms with Crippen LogP contribution in [0.25, 0.3) is 21.0 Å². The Morgan fingerprint density at radius 2 is 2.00 bits per heavy atom. The fourth-order valence-corrected chi connectivity index (χ4v) is 5.91. The maximum Gasteiger partial charge on any atom is 0.329 e. The summed E-state index contributed by atoms with van der Waals surface area (Å²) in [5.74, 6) is 0.164. The standard InChI is InChI=1S/C21H13N3O5S3/c25-21(26)17-10-30-19(23-17)20-22-16-8-1-11-9-13(4-7-15(11)18(16)31-20)29-32-14-5-2-12(3-6-14)24(27)28/h1-9,17H,10H2,(H,25,26). The molecular formula is C21H13N3O5S3. The van der Waals surface area contributed by atoms with Crippen LogP contribution in [0.2, 0.25) is 0 Å². The van der Waals surface area contributed by atoms with E-state index in [1.807, 2.05) is 30.3 Å². The van der Waals surface area contributed by atoms with Crippen LogP contribution in [0.4, 0.5) is 5.69 Å². The van der Waals surface area contributed by atoms with Gasteiger partial charge in [0, 0.05) is 28.2 Å². The highest BCUT2D eigenvalue weighted by Gasteiger charge is 2.27. The van der Waals surface area contributed by atoms with Crippen molar-refractivity contribution in [2.24, 2.45) is 4.99 Å². The molecule has 3 aromatic carbocycles. The lowest BCUT2D eigenvalue weighted by Crippen LogP contribution is -2.17. The summed E-state index contributed by atoms with van der Waals surface area (Å²) in [7, 11) is 0. The van der Waals surface area contributed by atoms with Gasteiger partial charge < -0.3 is 9.29 Å². The van der Waals surface area contributed by atoms with Crippen molar-refractivity contribution >= 4 is 72.8 Å². The Balaban J connectivity index is 1.38. The monoisotopic (exact) mass is 483 g/mol. The van der Waals surface area contributed by atoms with E-state index >= 15 is 0 Å². The van der Waals surface area contributed by atoms with Gasteiger partial charge in [-0.3, -0.25) is 15.1 Å². The van der Waals surface area contributed by atoms with E-state index in [1.165, 1.54) is 35.2 Å². The molecule has 160 valence electrons. The second-order valence-electron chi connectivity index (χ2n) is 6.83. The lowest BCUT2D eigenvalue weighted by molar-refractivity contribution is -0.384. The number of carboxylic acid groups (broad SMARTS) is 1. The first-order chi connectivity index (χ1) is 15.5. The first-order valence-electron chi connectivity index (χ1n) is 9.34. The van der Waals surface area contributed by atoms with Crippen molar-refractivity contribution in [3.8, 4) is 5.75 Å². The van der Waals surface area contributed by atoms with Gasteiger partial charge >= 0.3 is 5.97 Å². The fourth-order valence-electron chi connectivity index (χ4n) is 3.17. The first-order valence-corrected chi connectivity index (χ1v) is 11.9. The first kappa shape index (κ1) is 20.7. The molecule has 4 aromatic rings. The van der Waals surface area contributed by atoms with Crippen LogP contribution in [0.1, 0.15) is 5.01 Å². The predicted octanol–water partition coefficient (Wildman–Crippen LogP) is 5.39. The number of carbonyl (C=O) groups is 1. The molecule has 2 heterocycles. The second-order valence-corrected chi connectivity index (χ2v) is 9.65. The Bertz CT molecular complexity index is 1400. The minimum Gasteiger partial charge on any atom is -0.480 e. The number of nitro groups is 1. The largest absolute Gasteiger partial charge is 0.480 e. The lowest BCUT2D eigenvalue weighted by atomic mass is 10.1. The number of hydrogen-bond acceptors (Lipinski definition) is 9. The van der Waals surface area contributed by atoms with Crippen LogP contribution >= 0.6 is 35.1 Å². The summed E-state index contributed by atoms with van der Waals surface area (Å²) in [6.45, 7) is 0. The molecule has 5 rings (SSSR count). The lowest BCUT2D eigenvalue weighted by Gasteiger charge is -2.06. The van der Waals surface area contributed by atoms with Crippen LogP contribution in [0.5, 0.6) is 5.75 Å². The van der Waals surface area contributed by atoms with Gasteiger partial charge in [-0.05, 0) is 41.8 Å². The maximum atomic E-state index is 11.2. The van der Waals surface area contributed by atoms with Gasteiger partial charge in [0.15, 0.2) is 6.04 Å². The van der Waals surface area contributed by atoms with Crippen molar-refractivity contribution in [1.29, 1.82) is 0 Å². The summed E-state index contributed by atoms with van der Waals surface area (Å²) < 4.78 is 6.80. The van der Waals surface area contributed by atoms with Crippen molar-refractivity contribution in [1.82, 2.24) is 4.98 Å². The number of thioether (sulfide) groups is 1. The zero-order valence-electron chi connectivity index (χ0n) is 16.1. The van der Waals surface area contributed by atoms with Crippen LogP contribution in [0.3, 0.4) is 0 Å². The highest BCUT2D eigenvalue weighted by Crippen LogP contribution is 2.36. The average Bonchev–Trinajstić information content (AvgIpc) is 3.45. The molecule has 0 spiro atoms. The fraction of sp³-hybridized carbons (Fsp3) is 0.0952. The molecule has 11 heteroatoms. The van der Waals surface area contributed by atoms with Gasteiger partial charge in [-0.1, -0.05) is 6.07 Å². The van der Waals surface area contributed by atoms with Crippen molar-refractivity contribution < 1.29 is 19.0 Å². The number of thiazole rings is 1. The number of rotatable bonds is 6. The number of aliphatic carboxylic acids is 1. The SMILES string of the molecule is O=C(O)C1CSC(c2nc3ccc4cc(OSc5ccc([N+](=O)[O-])cc5)ccc4c3s2)=N1. The number of fused-ring (bicyclic) bond motifs is 3. The molecule has 1 aliphatic rings. The van der Waals surface area contributed by atoms with Gasteiger partial charge in [0.1, 0.15) is 15.8 Å². The molecule has 1 aliphatic heterocycles. The smallest absolute Gasteiger partial charge is 0.329 e. The third kappa shape index (κ3) is 4.01. The van der Waals surface area contributed by atoms with Crippen molar-refractivity contribution in [3.05, 3.63) is 69.7 Å². The summed E-state index contributed by atoms with van der Waals surface area (Å²) in [4.78, 5) is 31.2. The number of benzene rings is 3. The Labute approximate surface area is 193 Å². The number of aromatic nitrogens is 1. The van der Waals surface area contributed by atoms with Crippen LogP contribution in [-0.2, 0) is 4.79 Å². The highest BCUT2D eigenvalue weighted by molar-refractivity contribution is 8.15. The highest BCUT2D eigenvalue weighted by atomic mass is 32.2. The summed E-state index contributed by atoms with van der Waals surface area (Å²) >= 11 is 4.05. The molecule has 32 heavy (non-hydrogen) atoms. The van der Waals surface area contributed by atoms with Gasteiger partial charge in [-0.2, -0.15) is 0 Å². The van der Waals surface area contributed by atoms with Crippen molar-refractivity contribution in [2.45, 2.75) is 10.9 Å². The van der Waals surface area contributed by atoms with Crippen molar-refractivity contribution in [3.63, 3.8) is 0 Å². The normalized spacial score (nSPS) is 15.8. The average molecular weight is 484 g/mol. The summed E-state index contributed by atoms with van der Waals surface area (Å²) in [5, 5.41) is 23.3. The third-order valence-corrected chi connectivity index (χ3v) is 7.78.